The maximum Gasteiger partial charge on any atom is 0.154 e. The molecule has 0 saturated carbocycles. The van der Waals surface area contributed by atoms with Crippen molar-refractivity contribution in [2.45, 2.75) is 45.2 Å². The molecule has 0 spiro atoms. The number of nitrogens with one attached hydrogen (secondary N) is 1. The standard InChI is InChI=1S/C34H45N7O/c1-5-25-8-6-7-9-27(25)24-35-34-33-30(14-15-39(33)3)36-32(37-34)22-26-10-11-29(23-31(26)42-4)40-16-12-28(13-17-40)41-20-18-38(2)19-21-41/h6-11,14-15,23,28H,5,12-13,16-22,24H2,1-4H3,(H,35,36,37). The monoisotopic (exact) mass is 567 g/mol. The third kappa shape index (κ3) is 6.10. The molecule has 2 fully saturated rings. The number of ether oxygens (including phenoxy) is 1. The van der Waals surface area contributed by atoms with Crippen LogP contribution < -0.4 is 15.0 Å². The molecule has 6 rings (SSSR count). The SMILES string of the molecule is CCc1ccccc1CNc1nc(Cc2ccc(N3CCC(N4CCN(C)CC4)CC3)cc2OC)nc2ccn(C)c12. The molecule has 0 amide bonds. The van der Waals surface area contributed by atoms with Gasteiger partial charge in [0.2, 0.25) is 0 Å². The third-order valence-corrected chi connectivity index (χ3v) is 9.21. The number of rotatable bonds is 9. The topological polar surface area (TPSA) is 61.7 Å². The summed E-state index contributed by atoms with van der Waals surface area (Å²) < 4.78 is 8.01. The summed E-state index contributed by atoms with van der Waals surface area (Å²) in [5, 5.41) is 3.63. The summed E-state index contributed by atoms with van der Waals surface area (Å²) in [5.74, 6) is 2.56. The van der Waals surface area contributed by atoms with Crippen LogP contribution in [0.1, 0.15) is 42.3 Å². The summed E-state index contributed by atoms with van der Waals surface area (Å²) in [6.07, 6.45) is 6.11. The highest BCUT2D eigenvalue weighted by Crippen LogP contribution is 2.31. The molecule has 0 atom stereocenters. The first-order valence-corrected chi connectivity index (χ1v) is 15.5. The van der Waals surface area contributed by atoms with E-state index in [2.05, 4.69) is 93.3 Å². The summed E-state index contributed by atoms with van der Waals surface area (Å²) in [6.45, 7) is 9.87. The van der Waals surface area contributed by atoms with Gasteiger partial charge in [0.15, 0.2) is 5.82 Å². The highest BCUT2D eigenvalue weighted by atomic mass is 16.5. The van der Waals surface area contributed by atoms with E-state index in [4.69, 9.17) is 14.7 Å². The quantitative estimate of drug-likeness (QED) is 0.307. The zero-order valence-corrected chi connectivity index (χ0v) is 25.6. The second-order valence-electron chi connectivity index (χ2n) is 11.9. The van der Waals surface area contributed by atoms with Crippen LogP contribution in [0.25, 0.3) is 11.0 Å². The molecule has 0 unspecified atom stereocenters. The van der Waals surface area contributed by atoms with Gasteiger partial charge in [-0.15, -0.1) is 0 Å². The minimum Gasteiger partial charge on any atom is -0.496 e. The molecule has 2 aliphatic heterocycles. The number of piperidine rings is 1. The van der Waals surface area contributed by atoms with Gasteiger partial charge >= 0.3 is 0 Å². The zero-order chi connectivity index (χ0) is 29.1. The minimum atomic E-state index is 0.611. The molecule has 222 valence electrons. The molecule has 2 saturated heterocycles. The van der Waals surface area contributed by atoms with E-state index in [9.17, 15) is 0 Å². The Morgan fingerprint density at radius 2 is 1.64 bits per heavy atom. The molecule has 42 heavy (non-hydrogen) atoms. The lowest BCUT2D eigenvalue weighted by atomic mass is 10.0. The van der Waals surface area contributed by atoms with E-state index in [1.54, 1.807) is 7.11 Å². The van der Waals surface area contributed by atoms with E-state index in [1.807, 2.05) is 7.05 Å². The molecule has 8 nitrogen and oxygen atoms in total. The van der Waals surface area contributed by atoms with Gasteiger partial charge in [-0.25, -0.2) is 9.97 Å². The lowest BCUT2D eigenvalue weighted by Gasteiger charge is -2.42. The molecular formula is C34H45N7O. The molecule has 0 radical (unpaired) electrons. The van der Waals surface area contributed by atoms with Crippen molar-refractivity contribution in [3.63, 3.8) is 0 Å². The summed E-state index contributed by atoms with van der Waals surface area (Å²) in [7, 11) is 6.04. The molecule has 0 bridgehead atoms. The van der Waals surface area contributed by atoms with Crippen LogP contribution >= 0.6 is 0 Å². The van der Waals surface area contributed by atoms with Crippen LogP contribution in [-0.2, 0) is 26.4 Å². The van der Waals surface area contributed by atoms with Crippen molar-refractivity contribution in [2.75, 3.05) is 63.6 Å². The predicted molar refractivity (Wildman–Crippen MR) is 172 cm³/mol. The number of piperazine rings is 1. The average molecular weight is 568 g/mol. The van der Waals surface area contributed by atoms with Gasteiger partial charge in [0, 0.05) is 88.8 Å². The molecule has 4 aromatic rings. The second kappa shape index (κ2) is 12.7. The van der Waals surface area contributed by atoms with Gasteiger partial charge in [-0.05, 0) is 49.6 Å². The number of aromatic nitrogens is 3. The van der Waals surface area contributed by atoms with Crippen molar-refractivity contribution in [2.24, 2.45) is 7.05 Å². The van der Waals surface area contributed by atoms with E-state index in [-0.39, 0.29) is 0 Å². The van der Waals surface area contributed by atoms with Gasteiger partial charge in [-0.2, -0.15) is 0 Å². The second-order valence-corrected chi connectivity index (χ2v) is 11.9. The van der Waals surface area contributed by atoms with Crippen molar-refractivity contribution in [3.05, 3.63) is 77.2 Å². The predicted octanol–water partition coefficient (Wildman–Crippen LogP) is 4.96. The highest BCUT2D eigenvalue weighted by Gasteiger charge is 2.27. The fourth-order valence-electron chi connectivity index (χ4n) is 6.62. The Labute approximate surface area is 250 Å². The van der Waals surface area contributed by atoms with Crippen LogP contribution in [0.15, 0.2) is 54.7 Å². The van der Waals surface area contributed by atoms with Crippen LogP contribution in [0.3, 0.4) is 0 Å². The third-order valence-electron chi connectivity index (χ3n) is 9.21. The Morgan fingerprint density at radius 3 is 2.38 bits per heavy atom. The van der Waals surface area contributed by atoms with Crippen molar-refractivity contribution >= 4 is 22.5 Å². The van der Waals surface area contributed by atoms with E-state index < -0.39 is 0 Å². The van der Waals surface area contributed by atoms with E-state index in [0.29, 0.717) is 12.5 Å². The number of nitrogens with zero attached hydrogens (tertiary/aromatic N) is 6. The van der Waals surface area contributed by atoms with Crippen molar-refractivity contribution < 1.29 is 4.74 Å². The first kappa shape index (κ1) is 28.5. The Kier molecular flexibility index (Phi) is 8.63. The number of hydrogen-bond acceptors (Lipinski definition) is 7. The van der Waals surface area contributed by atoms with Gasteiger partial charge in [0.1, 0.15) is 17.1 Å². The van der Waals surface area contributed by atoms with E-state index in [1.165, 1.54) is 55.8 Å². The fraction of sp³-hybridized carbons (Fsp3) is 0.471. The van der Waals surface area contributed by atoms with Crippen molar-refractivity contribution in [3.8, 4) is 5.75 Å². The van der Waals surface area contributed by atoms with Gasteiger partial charge in [-0.1, -0.05) is 37.3 Å². The van der Waals surface area contributed by atoms with Crippen LogP contribution in [-0.4, -0.2) is 83.8 Å². The van der Waals surface area contributed by atoms with Crippen LogP contribution in [0.4, 0.5) is 11.5 Å². The lowest BCUT2D eigenvalue weighted by Crippen LogP contribution is -2.52. The molecule has 8 heteroatoms. The number of likely N-dealkylation sites (N-methyl/N-ethyl adjacent to an activating group) is 1. The van der Waals surface area contributed by atoms with E-state index >= 15 is 0 Å². The Balaban J connectivity index is 1.17. The molecule has 0 aliphatic carbocycles. The van der Waals surface area contributed by atoms with Crippen LogP contribution in [0.5, 0.6) is 5.75 Å². The van der Waals surface area contributed by atoms with Crippen molar-refractivity contribution in [1.29, 1.82) is 0 Å². The van der Waals surface area contributed by atoms with Gasteiger partial charge < -0.3 is 24.4 Å². The number of benzene rings is 2. The maximum atomic E-state index is 5.91. The number of fused-ring (bicyclic) bond motifs is 1. The van der Waals surface area contributed by atoms with E-state index in [0.717, 1.165) is 60.0 Å². The normalized spacial score (nSPS) is 17.2. The molecule has 2 aliphatic rings. The summed E-state index contributed by atoms with van der Waals surface area (Å²) in [4.78, 5) is 17.6. The molecule has 2 aromatic heterocycles. The van der Waals surface area contributed by atoms with Crippen LogP contribution in [0.2, 0.25) is 0 Å². The molecule has 1 N–H and O–H groups in total. The van der Waals surface area contributed by atoms with Gasteiger partial charge in [0.05, 0.1) is 12.6 Å². The molecular weight excluding hydrogens is 522 g/mol. The smallest absolute Gasteiger partial charge is 0.154 e. The Hall–Kier alpha value is -3.62. The zero-order valence-electron chi connectivity index (χ0n) is 25.6. The Bertz CT molecular complexity index is 1500. The van der Waals surface area contributed by atoms with Crippen LogP contribution in [0, 0.1) is 0 Å². The lowest BCUT2D eigenvalue weighted by molar-refractivity contribution is 0.0982. The summed E-state index contributed by atoms with van der Waals surface area (Å²) >= 11 is 0. The Morgan fingerprint density at radius 1 is 0.881 bits per heavy atom. The number of methoxy groups -OCH3 is 1. The van der Waals surface area contributed by atoms with Gasteiger partial charge in [0.25, 0.3) is 0 Å². The minimum absolute atomic E-state index is 0.611. The summed E-state index contributed by atoms with van der Waals surface area (Å²) in [5.41, 5.74) is 6.97. The molecule has 4 heterocycles. The first-order chi connectivity index (χ1) is 20.5. The highest BCUT2D eigenvalue weighted by molar-refractivity contribution is 5.86. The number of anilines is 2. The van der Waals surface area contributed by atoms with Gasteiger partial charge in [-0.3, -0.25) is 4.90 Å². The number of aryl methyl sites for hydroxylation is 2. The number of hydrogen-bond donors (Lipinski definition) is 1. The average Bonchev–Trinajstić information content (AvgIpc) is 3.41. The fourth-order valence-corrected chi connectivity index (χ4v) is 6.62. The first-order valence-electron chi connectivity index (χ1n) is 15.5. The largest absolute Gasteiger partial charge is 0.496 e. The summed E-state index contributed by atoms with van der Waals surface area (Å²) in [6, 6.07) is 18.0. The molecule has 2 aromatic carbocycles. The van der Waals surface area contributed by atoms with Crippen molar-refractivity contribution in [1.82, 2.24) is 24.3 Å². The maximum absolute atomic E-state index is 5.91.